The Hall–Kier alpha value is -0.830. The second-order valence-corrected chi connectivity index (χ2v) is 5.22. The molecule has 0 aliphatic heterocycles. The third-order valence-corrected chi connectivity index (χ3v) is 3.84. The van der Waals surface area contributed by atoms with Crippen LogP contribution >= 0.6 is 0 Å². The van der Waals surface area contributed by atoms with Gasteiger partial charge in [0.1, 0.15) is 0 Å². The summed E-state index contributed by atoms with van der Waals surface area (Å²) in [6.45, 7) is 12.1. The van der Waals surface area contributed by atoms with Gasteiger partial charge in [-0.15, -0.1) is 0 Å². The summed E-state index contributed by atoms with van der Waals surface area (Å²) in [5.74, 6) is 0.672. The highest BCUT2D eigenvalue weighted by atomic mass is 15.3. The summed E-state index contributed by atoms with van der Waals surface area (Å²) in [6, 6.07) is 0.139. The minimum Gasteiger partial charge on any atom is -0.324 e. The summed E-state index contributed by atoms with van der Waals surface area (Å²) >= 11 is 0. The van der Waals surface area contributed by atoms with Crippen LogP contribution in [0.5, 0.6) is 0 Å². The number of hydrogen-bond acceptors (Lipinski definition) is 2. The second-order valence-electron chi connectivity index (χ2n) is 5.22. The third kappa shape index (κ3) is 3.14. The zero-order valence-corrected chi connectivity index (χ0v) is 12.7. The molecule has 1 heterocycles. The van der Waals surface area contributed by atoms with Gasteiger partial charge in [0, 0.05) is 23.8 Å². The van der Waals surface area contributed by atoms with Gasteiger partial charge in [-0.1, -0.05) is 41.0 Å². The maximum Gasteiger partial charge on any atom is 0.0672 e. The lowest BCUT2D eigenvalue weighted by Gasteiger charge is -2.14. The molecular formula is C15H29N3. The first-order chi connectivity index (χ1) is 8.58. The number of nitrogens with zero attached hydrogens (tertiary/aromatic N) is 2. The molecule has 3 nitrogen and oxygen atoms in total. The largest absolute Gasteiger partial charge is 0.324 e. The van der Waals surface area contributed by atoms with Gasteiger partial charge in [-0.25, -0.2) is 0 Å². The second kappa shape index (κ2) is 6.93. The van der Waals surface area contributed by atoms with Crippen molar-refractivity contribution in [3.05, 3.63) is 17.0 Å². The predicted octanol–water partition coefficient (Wildman–Crippen LogP) is 3.46. The fraction of sp³-hybridized carbons (Fsp3) is 0.800. The topological polar surface area (TPSA) is 43.8 Å². The zero-order valence-electron chi connectivity index (χ0n) is 12.7. The minimum atomic E-state index is 0.139. The highest BCUT2D eigenvalue weighted by Gasteiger charge is 2.20. The van der Waals surface area contributed by atoms with Crippen molar-refractivity contribution in [2.45, 2.75) is 72.9 Å². The van der Waals surface area contributed by atoms with Crippen molar-refractivity contribution in [1.82, 2.24) is 9.78 Å². The molecule has 1 aromatic heterocycles. The highest BCUT2D eigenvalue weighted by molar-refractivity contribution is 5.30. The van der Waals surface area contributed by atoms with Crippen LogP contribution in [0.1, 0.15) is 70.5 Å². The zero-order chi connectivity index (χ0) is 13.7. The molecule has 0 aliphatic rings. The average molecular weight is 251 g/mol. The summed E-state index contributed by atoms with van der Waals surface area (Å²) < 4.78 is 2.21. The molecule has 1 aromatic rings. The van der Waals surface area contributed by atoms with Gasteiger partial charge in [0.25, 0.3) is 0 Å². The van der Waals surface area contributed by atoms with Crippen LogP contribution in [0.25, 0.3) is 0 Å². The molecule has 0 amide bonds. The molecule has 104 valence electrons. The van der Waals surface area contributed by atoms with Crippen LogP contribution < -0.4 is 5.73 Å². The van der Waals surface area contributed by atoms with E-state index in [0.29, 0.717) is 5.92 Å². The molecule has 0 saturated carbocycles. The Kier molecular flexibility index (Phi) is 5.86. The molecule has 0 saturated heterocycles. The lowest BCUT2D eigenvalue weighted by molar-refractivity contribution is 0.426. The Morgan fingerprint density at radius 2 is 1.78 bits per heavy atom. The van der Waals surface area contributed by atoms with Gasteiger partial charge < -0.3 is 5.73 Å². The average Bonchev–Trinajstić information content (AvgIpc) is 2.74. The van der Waals surface area contributed by atoms with Crippen LogP contribution in [-0.2, 0) is 19.4 Å². The van der Waals surface area contributed by atoms with Gasteiger partial charge >= 0.3 is 0 Å². The Labute approximate surface area is 112 Å². The van der Waals surface area contributed by atoms with Crippen LogP contribution in [-0.4, -0.2) is 9.78 Å². The van der Waals surface area contributed by atoms with Crippen LogP contribution in [0.3, 0.4) is 0 Å². The van der Waals surface area contributed by atoms with Crippen molar-refractivity contribution >= 4 is 0 Å². The molecule has 0 aliphatic carbocycles. The van der Waals surface area contributed by atoms with E-state index in [9.17, 15) is 0 Å². The molecule has 3 heteroatoms. The van der Waals surface area contributed by atoms with E-state index in [1.807, 2.05) is 0 Å². The first kappa shape index (κ1) is 15.2. The summed E-state index contributed by atoms with van der Waals surface area (Å²) in [7, 11) is 0. The van der Waals surface area contributed by atoms with E-state index < -0.39 is 0 Å². The number of nitrogens with two attached hydrogens (primary N) is 1. The molecule has 0 spiro atoms. The van der Waals surface area contributed by atoms with E-state index in [4.69, 9.17) is 10.8 Å². The maximum atomic E-state index is 6.27. The third-order valence-electron chi connectivity index (χ3n) is 3.84. The fourth-order valence-electron chi connectivity index (χ4n) is 2.41. The smallest absolute Gasteiger partial charge is 0.0672 e. The van der Waals surface area contributed by atoms with Gasteiger partial charge in [-0.05, 0) is 25.2 Å². The Morgan fingerprint density at radius 1 is 1.11 bits per heavy atom. The summed E-state index contributed by atoms with van der Waals surface area (Å²) in [6.07, 6.45) is 4.17. The van der Waals surface area contributed by atoms with Crippen molar-refractivity contribution in [1.29, 1.82) is 0 Å². The Bertz CT molecular complexity index is 368. The van der Waals surface area contributed by atoms with E-state index >= 15 is 0 Å². The number of aryl methyl sites for hydroxylation is 1. The van der Waals surface area contributed by atoms with Crippen molar-refractivity contribution in [2.75, 3.05) is 0 Å². The fourth-order valence-corrected chi connectivity index (χ4v) is 2.41. The molecule has 0 radical (unpaired) electrons. The van der Waals surface area contributed by atoms with E-state index in [2.05, 4.69) is 39.3 Å². The quantitative estimate of drug-likeness (QED) is 0.806. The van der Waals surface area contributed by atoms with Crippen molar-refractivity contribution < 1.29 is 0 Å². The predicted molar refractivity (Wildman–Crippen MR) is 77.7 cm³/mol. The van der Waals surface area contributed by atoms with E-state index in [0.717, 1.165) is 25.8 Å². The van der Waals surface area contributed by atoms with Crippen LogP contribution in [0, 0.1) is 5.92 Å². The number of rotatable bonds is 7. The van der Waals surface area contributed by atoms with Crippen LogP contribution in [0.2, 0.25) is 0 Å². The van der Waals surface area contributed by atoms with E-state index in [1.54, 1.807) is 0 Å². The Morgan fingerprint density at radius 3 is 2.22 bits per heavy atom. The molecule has 18 heavy (non-hydrogen) atoms. The standard InChI is InChI=1S/C15H29N3/c1-6-11(5)10-18-14(9-4)15(12(16)7-2)13(8-3)17-18/h11-12H,6-10,16H2,1-5H3. The van der Waals surface area contributed by atoms with Gasteiger partial charge in [0.15, 0.2) is 0 Å². The first-order valence-electron chi connectivity index (χ1n) is 7.42. The molecule has 2 atom stereocenters. The number of hydrogen-bond donors (Lipinski definition) is 1. The SMILES string of the molecule is CCc1nn(CC(C)CC)c(CC)c1C(N)CC. The van der Waals surface area contributed by atoms with Gasteiger partial charge in [0.05, 0.1) is 5.69 Å². The summed E-state index contributed by atoms with van der Waals surface area (Å²) in [5, 5.41) is 4.79. The van der Waals surface area contributed by atoms with Crippen LogP contribution in [0.15, 0.2) is 0 Å². The summed E-state index contributed by atoms with van der Waals surface area (Å²) in [4.78, 5) is 0. The molecule has 2 unspecified atom stereocenters. The lowest BCUT2D eigenvalue weighted by Crippen LogP contribution is -2.15. The van der Waals surface area contributed by atoms with Crippen LogP contribution in [0.4, 0.5) is 0 Å². The normalized spacial score (nSPS) is 14.8. The highest BCUT2D eigenvalue weighted by Crippen LogP contribution is 2.25. The van der Waals surface area contributed by atoms with Crippen molar-refractivity contribution in [3.8, 4) is 0 Å². The maximum absolute atomic E-state index is 6.27. The van der Waals surface area contributed by atoms with Gasteiger partial charge in [-0.3, -0.25) is 4.68 Å². The van der Waals surface area contributed by atoms with Gasteiger partial charge in [0.2, 0.25) is 0 Å². The van der Waals surface area contributed by atoms with Gasteiger partial charge in [-0.2, -0.15) is 5.10 Å². The lowest BCUT2D eigenvalue weighted by atomic mass is 10.00. The molecule has 1 rings (SSSR count). The molecule has 2 N–H and O–H groups in total. The van der Waals surface area contributed by atoms with Crippen molar-refractivity contribution in [2.24, 2.45) is 11.7 Å². The monoisotopic (exact) mass is 251 g/mol. The van der Waals surface area contributed by atoms with Crippen molar-refractivity contribution in [3.63, 3.8) is 0 Å². The Balaban J connectivity index is 3.15. The molecular weight excluding hydrogens is 222 g/mol. The molecule has 0 aromatic carbocycles. The molecule has 0 fully saturated rings. The van der Waals surface area contributed by atoms with E-state index in [1.165, 1.54) is 23.4 Å². The first-order valence-corrected chi connectivity index (χ1v) is 7.42. The minimum absolute atomic E-state index is 0.139. The number of aromatic nitrogens is 2. The summed E-state index contributed by atoms with van der Waals surface area (Å²) in [5.41, 5.74) is 10.1. The van der Waals surface area contributed by atoms with E-state index in [-0.39, 0.29) is 6.04 Å². The molecule has 0 bridgehead atoms.